The van der Waals surface area contributed by atoms with Gasteiger partial charge in [-0.15, -0.1) is 0 Å². The van der Waals surface area contributed by atoms with Gasteiger partial charge < -0.3 is 19.9 Å². The normalized spacial score (nSPS) is 12.1. The highest BCUT2D eigenvalue weighted by atomic mass is 79.9. The standard InChI is InChI=1S/C8H8BrNO5/c9-6-2-1-5(15-6)7(12)10-4(3-11)8(13)14/h1-2,4,11H,3H2,(H,10,12)(H,13,14). The van der Waals surface area contributed by atoms with Gasteiger partial charge in [0.1, 0.15) is 0 Å². The Morgan fingerprint density at radius 1 is 1.53 bits per heavy atom. The van der Waals surface area contributed by atoms with Crippen LogP contribution in [-0.4, -0.2) is 34.7 Å². The predicted molar refractivity (Wildman–Crippen MR) is 52.4 cm³/mol. The summed E-state index contributed by atoms with van der Waals surface area (Å²) < 4.78 is 5.26. The largest absolute Gasteiger partial charge is 0.480 e. The topological polar surface area (TPSA) is 99.8 Å². The monoisotopic (exact) mass is 277 g/mol. The molecule has 1 atom stereocenters. The predicted octanol–water partition coefficient (Wildman–Crippen LogP) is 0.217. The van der Waals surface area contributed by atoms with Crippen LogP contribution in [0.2, 0.25) is 0 Å². The summed E-state index contributed by atoms with van der Waals surface area (Å²) in [5.74, 6) is -2.03. The van der Waals surface area contributed by atoms with Gasteiger partial charge in [0.05, 0.1) is 6.61 Å². The van der Waals surface area contributed by atoms with E-state index in [1.807, 2.05) is 0 Å². The summed E-state index contributed by atoms with van der Waals surface area (Å²) in [7, 11) is 0. The Morgan fingerprint density at radius 2 is 2.20 bits per heavy atom. The summed E-state index contributed by atoms with van der Waals surface area (Å²) in [6, 6.07) is 1.56. The van der Waals surface area contributed by atoms with Crippen LogP contribution in [0, 0.1) is 0 Å². The fourth-order valence-corrected chi connectivity index (χ4v) is 1.16. The van der Waals surface area contributed by atoms with Crippen LogP contribution in [0.4, 0.5) is 0 Å². The molecule has 1 amide bonds. The van der Waals surface area contributed by atoms with Crippen molar-refractivity contribution in [3.05, 3.63) is 22.6 Å². The molecule has 6 nitrogen and oxygen atoms in total. The lowest BCUT2D eigenvalue weighted by molar-refractivity contribution is -0.140. The maximum absolute atomic E-state index is 11.3. The molecule has 0 aliphatic carbocycles. The number of aliphatic carboxylic acids is 1. The number of nitrogens with one attached hydrogen (secondary N) is 1. The summed E-state index contributed by atoms with van der Waals surface area (Å²) in [5.41, 5.74) is 0. The molecular formula is C8H8BrNO5. The number of carboxylic acid groups (broad SMARTS) is 1. The maximum Gasteiger partial charge on any atom is 0.328 e. The van der Waals surface area contributed by atoms with E-state index in [2.05, 4.69) is 21.2 Å². The van der Waals surface area contributed by atoms with Crippen LogP contribution in [0.3, 0.4) is 0 Å². The fraction of sp³-hybridized carbons (Fsp3) is 0.250. The highest BCUT2D eigenvalue weighted by Crippen LogP contribution is 2.13. The molecule has 0 saturated carbocycles. The first-order valence-electron chi connectivity index (χ1n) is 3.94. The third-order valence-corrected chi connectivity index (χ3v) is 2.01. The quantitative estimate of drug-likeness (QED) is 0.731. The third kappa shape index (κ3) is 3.07. The van der Waals surface area contributed by atoms with Gasteiger partial charge in [-0.25, -0.2) is 4.79 Å². The van der Waals surface area contributed by atoms with Crippen LogP contribution in [0.25, 0.3) is 0 Å². The highest BCUT2D eigenvalue weighted by molar-refractivity contribution is 9.10. The van der Waals surface area contributed by atoms with Gasteiger partial charge in [-0.2, -0.15) is 0 Å². The molecule has 1 aromatic rings. The SMILES string of the molecule is O=C(NC(CO)C(=O)O)c1ccc(Br)o1. The Labute approximate surface area is 93.0 Å². The number of halogens is 1. The zero-order chi connectivity index (χ0) is 11.4. The second-order valence-corrected chi connectivity index (χ2v) is 3.43. The third-order valence-electron chi connectivity index (χ3n) is 1.58. The van der Waals surface area contributed by atoms with Crippen molar-refractivity contribution >= 4 is 27.8 Å². The Kier molecular flexibility index (Phi) is 3.87. The molecule has 0 fully saturated rings. The van der Waals surface area contributed by atoms with Crippen molar-refractivity contribution in [2.45, 2.75) is 6.04 Å². The molecule has 7 heteroatoms. The zero-order valence-corrected chi connectivity index (χ0v) is 9.02. The average Bonchev–Trinajstić information content (AvgIpc) is 2.60. The Morgan fingerprint density at radius 3 is 2.60 bits per heavy atom. The van der Waals surface area contributed by atoms with Crippen LogP contribution in [-0.2, 0) is 4.79 Å². The Balaban J connectivity index is 2.66. The van der Waals surface area contributed by atoms with Gasteiger partial charge in [-0.3, -0.25) is 4.79 Å². The molecule has 0 saturated heterocycles. The van der Waals surface area contributed by atoms with Crippen molar-refractivity contribution in [3.8, 4) is 0 Å². The second kappa shape index (κ2) is 4.94. The first-order valence-corrected chi connectivity index (χ1v) is 4.73. The van der Waals surface area contributed by atoms with Crippen molar-refractivity contribution in [2.75, 3.05) is 6.61 Å². The summed E-state index contributed by atoms with van der Waals surface area (Å²) in [6.45, 7) is -0.678. The summed E-state index contributed by atoms with van der Waals surface area (Å²) >= 11 is 3.00. The second-order valence-electron chi connectivity index (χ2n) is 2.65. The minimum absolute atomic E-state index is 0.0263. The van der Waals surface area contributed by atoms with E-state index in [-0.39, 0.29) is 5.76 Å². The van der Waals surface area contributed by atoms with E-state index in [0.717, 1.165) is 0 Å². The van der Waals surface area contributed by atoms with Crippen molar-refractivity contribution in [1.82, 2.24) is 5.32 Å². The van der Waals surface area contributed by atoms with E-state index in [1.165, 1.54) is 12.1 Å². The minimum Gasteiger partial charge on any atom is -0.480 e. The van der Waals surface area contributed by atoms with Crippen molar-refractivity contribution in [2.24, 2.45) is 0 Å². The first-order chi connectivity index (χ1) is 7.04. The number of rotatable bonds is 4. The number of aliphatic hydroxyl groups is 1. The zero-order valence-electron chi connectivity index (χ0n) is 7.44. The van der Waals surface area contributed by atoms with E-state index in [9.17, 15) is 9.59 Å². The van der Waals surface area contributed by atoms with Gasteiger partial charge in [0, 0.05) is 0 Å². The molecule has 0 bridgehead atoms. The van der Waals surface area contributed by atoms with Gasteiger partial charge in [0.15, 0.2) is 16.5 Å². The van der Waals surface area contributed by atoms with E-state index < -0.39 is 24.5 Å². The van der Waals surface area contributed by atoms with Crippen LogP contribution in [0.1, 0.15) is 10.6 Å². The maximum atomic E-state index is 11.3. The van der Waals surface area contributed by atoms with Gasteiger partial charge in [-0.05, 0) is 28.1 Å². The molecule has 1 aromatic heterocycles. The summed E-state index contributed by atoms with van der Waals surface area (Å²) in [6.07, 6.45) is 0. The van der Waals surface area contributed by atoms with E-state index in [1.54, 1.807) is 0 Å². The highest BCUT2D eigenvalue weighted by Gasteiger charge is 2.21. The summed E-state index contributed by atoms with van der Waals surface area (Å²) in [4.78, 5) is 21.8. The van der Waals surface area contributed by atoms with Crippen LogP contribution < -0.4 is 5.32 Å². The van der Waals surface area contributed by atoms with E-state index in [4.69, 9.17) is 14.6 Å². The first kappa shape index (κ1) is 11.7. The van der Waals surface area contributed by atoms with Gasteiger partial charge in [0.2, 0.25) is 0 Å². The molecule has 0 aromatic carbocycles. The number of aliphatic hydroxyl groups excluding tert-OH is 1. The number of carbonyl (C=O) groups is 2. The van der Waals surface area contributed by atoms with Crippen LogP contribution >= 0.6 is 15.9 Å². The molecule has 3 N–H and O–H groups in total. The Hall–Kier alpha value is -1.34. The molecule has 15 heavy (non-hydrogen) atoms. The number of furan rings is 1. The number of hydrogen-bond donors (Lipinski definition) is 3. The molecule has 1 heterocycles. The molecule has 1 rings (SSSR count). The Bertz CT molecular complexity index is 375. The van der Waals surface area contributed by atoms with Crippen molar-refractivity contribution in [3.63, 3.8) is 0 Å². The smallest absolute Gasteiger partial charge is 0.328 e. The van der Waals surface area contributed by atoms with Gasteiger partial charge in [-0.1, -0.05) is 0 Å². The molecule has 0 aliphatic rings. The van der Waals surface area contributed by atoms with E-state index in [0.29, 0.717) is 4.67 Å². The number of amides is 1. The molecule has 0 aliphatic heterocycles. The lowest BCUT2D eigenvalue weighted by atomic mass is 10.3. The molecule has 82 valence electrons. The lowest BCUT2D eigenvalue weighted by Crippen LogP contribution is -2.43. The summed E-state index contributed by atoms with van der Waals surface area (Å²) in [5, 5.41) is 19.3. The lowest BCUT2D eigenvalue weighted by Gasteiger charge is -2.09. The van der Waals surface area contributed by atoms with Crippen LogP contribution in [0.5, 0.6) is 0 Å². The average molecular weight is 278 g/mol. The molecule has 0 spiro atoms. The minimum atomic E-state index is -1.33. The number of carboxylic acids is 1. The van der Waals surface area contributed by atoms with Gasteiger partial charge >= 0.3 is 5.97 Å². The van der Waals surface area contributed by atoms with Crippen molar-refractivity contribution in [1.29, 1.82) is 0 Å². The van der Waals surface area contributed by atoms with Gasteiger partial charge in [0.25, 0.3) is 5.91 Å². The number of carbonyl (C=O) groups excluding carboxylic acids is 1. The molecule has 1 unspecified atom stereocenters. The molecular weight excluding hydrogens is 270 g/mol. The van der Waals surface area contributed by atoms with Crippen molar-refractivity contribution < 1.29 is 24.2 Å². The molecule has 0 radical (unpaired) electrons. The van der Waals surface area contributed by atoms with E-state index >= 15 is 0 Å². The van der Waals surface area contributed by atoms with Crippen LogP contribution in [0.15, 0.2) is 21.2 Å². The fourth-order valence-electron chi connectivity index (χ4n) is 0.851. The number of hydrogen-bond acceptors (Lipinski definition) is 4.